The van der Waals surface area contributed by atoms with Crippen LogP contribution in [0.4, 0.5) is 0 Å². The molecule has 138 valence electrons. The number of likely N-dealkylation sites (N-methyl/N-ethyl adjacent to an activating group) is 1. The predicted octanol–water partition coefficient (Wildman–Crippen LogP) is 2.76. The standard InChI is InChI=1S/C20H30ClN3O/c1-15(2)18(24-12-10-23(3)11-13-24)14-22-19(25)20(8-9-20)16-4-6-17(21)7-5-16/h4-7,15,18H,8-14H2,1-3H3,(H,22,25). The second-order valence-corrected chi connectivity index (χ2v) is 8.39. The highest BCUT2D eigenvalue weighted by Crippen LogP contribution is 2.48. The number of amides is 1. The molecule has 1 aromatic carbocycles. The van der Waals surface area contributed by atoms with Gasteiger partial charge in [-0.25, -0.2) is 0 Å². The van der Waals surface area contributed by atoms with Crippen molar-refractivity contribution in [1.82, 2.24) is 15.1 Å². The van der Waals surface area contributed by atoms with Crippen molar-refractivity contribution >= 4 is 17.5 Å². The van der Waals surface area contributed by atoms with Gasteiger partial charge in [0.2, 0.25) is 5.91 Å². The van der Waals surface area contributed by atoms with Crippen LogP contribution >= 0.6 is 11.6 Å². The zero-order valence-electron chi connectivity index (χ0n) is 15.6. The monoisotopic (exact) mass is 363 g/mol. The highest BCUT2D eigenvalue weighted by Gasteiger charge is 2.51. The molecule has 2 fully saturated rings. The van der Waals surface area contributed by atoms with Crippen molar-refractivity contribution in [1.29, 1.82) is 0 Å². The van der Waals surface area contributed by atoms with Crippen molar-refractivity contribution in [3.05, 3.63) is 34.9 Å². The molecular formula is C20H30ClN3O. The van der Waals surface area contributed by atoms with Gasteiger partial charge in [0.15, 0.2) is 0 Å². The molecular weight excluding hydrogens is 334 g/mol. The molecule has 1 aliphatic heterocycles. The highest BCUT2D eigenvalue weighted by molar-refractivity contribution is 6.30. The van der Waals surface area contributed by atoms with Crippen LogP contribution in [0.3, 0.4) is 0 Å². The Balaban J connectivity index is 1.61. The molecule has 1 amide bonds. The molecule has 0 aromatic heterocycles. The van der Waals surface area contributed by atoms with E-state index >= 15 is 0 Å². The normalized spacial score (nSPS) is 22.0. The molecule has 3 rings (SSSR count). The van der Waals surface area contributed by atoms with Gasteiger partial charge in [0.1, 0.15) is 0 Å². The molecule has 0 spiro atoms. The largest absolute Gasteiger partial charge is 0.354 e. The third-order valence-electron chi connectivity index (χ3n) is 5.83. The Labute approximate surface area is 156 Å². The van der Waals surface area contributed by atoms with Gasteiger partial charge < -0.3 is 10.2 Å². The lowest BCUT2D eigenvalue weighted by atomic mass is 9.94. The van der Waals surface area contributed by atoms with Gasteiger partial charge in [-0.1, -0.05) is 37.6 Å². The number of piperazine rings is 1. The van der Waals surface area contributed by atoms with Gasteiger partial charge in [-0.2, -0.15) is 0 Å². The van der Waals surface area contributed by atoms with Gasteiger partial charge in [-0.05, 0) is 43.5 Å². The van der Waals surface area contributed by atoms with Crippen molar-refractivity contribution in [3.8, 4) is 0 Å². The Kier molecular flexibility index (Phi) is 5.71. The maximum atomic E-state index is 12.9. The first-order chi connectivity index (χ1) is 11.9. The van der Waals surface area contributed by atoms with E-state index in [1.165, 1.54) is 0 Å². The van der Waals surface area contributed by atoms with Crippen LogP contribution in [0.25, 0.3) is 0 Å². The minimum atomic E-state index is -0.325. The summed E-state index contributed by atoms with van der Waals surface area (Å²) in [4.78, 5) is 17.8. The maximum Gasteiger partial charge on any atom is 0.230 e. The average molecular weight is 364 g/mol. The number of nitrogens with one attached hydrogen (secondary N) is 1. The zero-order chi connectivity index (χ0) is 18.0. The van der Waals surface area contributed by atoms with E-state index in [4.69, 9.17) is 11.6 Å². The number of carbonyl (C=O) groups excluding carboxylic acids is 1. The first-order valence-electron chi connectivity index (χ1n) is 9.39. The topological polar surface area (TPSA) is 35.6 Å². The summed E-state index contributed by atoms with van der Waals surface area (Å²) in [7, 11) is 2.17. The summed E-state index contributed by atoms with van der Waals surface area (Å²) in [6, 6.07) is 8.15. The van der Waals surface area contributed by atoms with Crippen molar-refractivity contribution in [3.63, 3.8) is 0 Å². The molecule has 1 aliphatic carbocycles. The maximum absolute atomic E-state index is 12.9. The van der Waals surface area contributed by atoms with Crippen LogP contribution in [0.5, 0.6) is 0 Å². The quantitative estimate of drug-likeness (QED) is 0.844. The molecule has 5 heteroatoms. The van der Waals surface area contributed by atoms with Crippen LogP contribution < -0.4 is 5.32 Å². The molecule has 1 saturated carbocycles. The summed E-state index contributed by atoms with van der Waals surface area (Å²) in [6.07, 6.45) is 1.86. The Hall–Kier alpha value is -1.10. The third kappa shape index (κ3) is 4.18. The van der Waals surface area contributed by atoms with Gasteiger partial charge >= 0.3 is 0 Å². The molecule has 1 unspecified atom stereocenters. The molecule has 4 nitrogen and oxygen atoms in total. The third-order valence-corrected chi connectivity index (χ3v) is 6.08. The molecule has 0 radical (unpaired) electrons. The van der Waals surface area contributed by atoms with Crippen molar-refractivity contribution in [2.45, 2.75) is 38.1 Å². The summed E-state index contributed by atoms with van der Waals surface area (Å²) in [5, 5.41) is 3.98. The van der Waals surface area contributed by atoms with Gasteiger partial charge in [-0.3, -0.25) is 9.69 Å². The lowest BCUT2D eigenvalue weighted by Gasteiger charge is -2.40. The lowest BCUT2D eigenvalue weighted by Crippen LogP contribution is -2.54. The van der Waals surface area contributed by atoms with Crippen LogP contribution in [0.2, 0.25) is 5.02 Å². The second kappa shape index (κ2) is 7.65. The molecule has 1 N–H and O–H groups in total. The first-order valence-corrected chi connectivity index (χ1v) is 9.77. The number of nitrogens with zero attached hydrogens (tertiary/aromatic N) is 2. The summed E-state index contributed by atoms with van der Waals surface area (Å²) < 4.78 is 0. The van der Waals surface area contributed by atoms with E-state index < -0.39 is 0 Å². The summed E-state index contributed by atoms with van der Waals surface area (Å²) in [5.74, 6) is 0.698. The van der Waals surface area contributed by atoms with E-state index in [-0.39, 0.29) is 11.3 Å². The number of halogens is 1. The van der Waals surface area contributed by atoms with Crippen LogP contribution in [0, 0.1) is 5.92 Å². The number of hydrogen-bond acceptors (Lipinski definition) is 3. The molecule has 2 aliphatic rings. The Morgan fingerprint density at radius 3 is 2.28 bits per heavy atom. The lowest BCUT2D eigenvalue weighted by molar-refractivity contribution is -0.124. The van der Waals surface area contributed by atoms with E-state index in [0.717, 1.165) is 56.2 Å². The van der Waals surface area contributed by atoms with E-state index in [0.29, 0.717) is 12.0 Å². The Morgan fingerprint density at radius 2 is 1.76 bits per heavy atom. The van der Waals surface area contributed by atoms with E-state index in [9.17, 15) is 4.79 Å². The second-order valence-electron chi connectivity index (χ2n) is 7.95. The van der Waals surface area contributed by atoms with Crippen molar-refractivity contribution in [2.24, 2.45) is 5.92 Å². The minimum Gasteiger partial charge on any atom is -0.354 e. The van der Waals surface area contributed by atoms with E-state index in [1.807, 2.05) is 24.3 Å². The van der Waals surface area contributed by atoms with E-state index in [1.54, 1.807) is 0 Å². The average Bonchev–Trinajstić information content (AvgIpc) is 3.39. The molecule has 1 saturated heterocycles. The fraction of sp³-hybridized carbons (Fsp3) is 0.650. The van der Waals surface area contributed by atoms with Crippen LogP contribution in [-0.4, -0.2) is 61.5 Å². The summed E-state index contributed by atoms with van der Waals surface area (Å²) >= 11 is 5.99. The zero-order valence-corrected chi connectivity index (χ0v) is 16.4. The minimum absolute atomic E-state index is 0.176. The predicted molar refractivity (Wildman–Crippen MR) is 103 cm³/mol. The fourth-order valence-electron chi connectivity index (χ4n) is 3.85. The van der Waals surface area contributed by atoms with Crippen LogP contribution in [0.15, 0.2) is 24.3 Å². The summed E-state index contributed by atoms with van der Waals surface area (Å²) in [6.45, 7) is 9.60. The summed E-state index contributed by atoms with van der Waals surface area (Å²) in [5.41, 5.74) is 0.768. The fourth-order valence-corrected chi connectivity index (χ4v) is 3.97. The van der Waals surface area contributed by atoms with Gasteiger partial charge in [0.25, 0.3) is 0 Å². The molecule has 0 bridgehead atoms. The number of carbonyl (C=O) groups is 1. The van der Waals surface area contributed by atoms with Gasteiger partial charge in [0, 0.05) is 43.8 Å². The highest BCUT2D eigenvalue weighted by atomic mass is 35.5. The van der Waals surface area contributed by atoms with Gasteiger partial charge in [-0.15, -0.1) is 0 Å². The Bertz CT molecular complexity index is 589. The van der Waals surface area contributed by atoms with Crippen LogP contribution in [0.1, 0.15) is 32.3 Å². The van der Waals surface area contributed by atoms with Crippen molar-refractivity contribution in [2.75, 3.05) is 39.8 Å². The molecule has 1 atom stereocenters. The molecule has 1 heterocycles. The molecule has 1 aromatic rings. The SMILES string of the molecule is CC(C)C(CNC(=O)C1(c2ccc(Cl)cc2)CC1)N1CCN(C)CC1. The smallest absolute Gasteiger partial charge is 0.230 e. The number of hydrogen-bond donors (Lipinski definition) is 1. The molecule has 25 heavy (non-hydrogen) atoms. The number of rotatable bonds is 6. The van der Waals surface area contributed by atoms with Crippen molar-refractivity contribution < 1.29 is 4.79 Å². The van der Waals surface area contributed by atoms with Crippen LogP contribution in [-0.2, 0) is 10.2 Å². The van der Waals surface area contributed by atoms with Gasteiger partial charge in [0.05, 0.1) is 5.41 Å². The van der Waals surface area contributed by atoms with E-state index in [2.05, 4.69) is 36.0 Å². The Morgan fingerprint density at radius 1 is 1.16 bits per heavy atom. The first kappa shape index (κ1) is 18.7. The number of benzene rings is 1.